The molecule has 1 aromatic heterocycles. The lowest BCUT2D eigenvalue weighted by atomic mass is 10.2. The molecule has 0 aliphatic rings. The number of hydrogen-bond donors (Lipinski definition) is 2. The molecule has 0 saturated carbocycles. The second-order valence-corrected chi connectivity index (χ2v) is 8.56. The third-order valence-corrected chi connectivity index (χ3v) is 6.23. The van der Waals surface area contributed by atoms with E-state index >= 15 is 0 Å². The Balaban J connectivity index is 1.54. The first-order valence-corrected chi connectivity index (χ1v) is 11.7. The summed E-state index contributed by atoms with van der Waals surface area (Å²) in [6.45, 7) is 4.29. The van der Waals surface area contributed by atoms with Crippen molar-refractivity contribution < 1.29 is 19.1 Å². The molecule has 0 saturated heterocycles. The van der Waals surface area contributed by atoms with Crippen LogP contribution in [0.5, 0.6) is 0 Å². The fourth-order valence-electron chi connectivity index (χ4n) is 2.71. The van der Waals surface area contributed by atoms with Crippen LogP contribution >= 0.6 is 23.5 Å². The summed E-state index contributed by atoms with van der Waals surface area (Å²) >= 11 is 2.90. The van der Waals surface area contributed by atoms with Gasteiger partial charge in [-0.05, 0) is 42.0 Å². The third-order valence-electron chi connectivity index (χ3n) is 4.27. The van der Waals surface area contributed by atoms with Crippen LogP contribution in [-0.4, -0.2) is 37.5 Å². The maximum absolute atomic E-state index is 13.0. The minimum Gasteiger partial charge on any atom is -0.478 e. The first kappa shape index (κ1) is 23.6. The Labute approximate surface area is 193 Å². The molecule has 0 fully saturated rings. The summed E-state index contributed by atoms with van der Waals surface area (Å²) in [5.41, 5.74) is 1.69. The summed E-state index contributed by atoms with van der Waals surface area (Å²) in [4.78, 5) is 23.2. The smallest absolute Gasteiger partial charge is 0.335 e. The number of halogens is 1. The van der Waals surface area contributed by atoms with Crippen LogP contribution in [0.1, 0.15) is 21.7 Å². The number of carbonyl (C=O) groups is 2. The maximum Gasteiger partial charge on any atom is 0.335 e. The molecular weight excluding hydrogens is 451 g/mol. The molecule has 0 bridgehead atoms. The lowest BCUT2D eigenvalue weighted by Crippen LogP contribution is -2.15. The Morgan fingerprint density at radius 2 is 1.81 bits per heavy atom. The van der Waals surface area contributed by atoms with Crippen LogP contribution in [0.15, 0.2) is 66.3 Å². The van der Waals surface area contributed by atoms with Crippen molar-refractivity contribution in [3.63, 3.8) is 0 Å². The standard InChI is InChI=1S/C22H21FN4O3S2/c1-2-11-27-19(13-31-12-15-3-7-17(23)8-4-15)25-26-22(27)32-14-20(28)24-18-9-5-16(6-10-18)21(29)30/h2-10H,1,11-14H2,(H,24,28)(H,29,30). The van der Waals surface area contributed by atoms with Crippen molar-refractivity contribution in [2.45, 2.75) is 23.2 Å². The number of anilines is 1. The van der Waals surface area contributed by atoms with E-state index in [0.29, 0.717) is 28.9 Å². The molecule has 166 valence electrons. The number of hydrogen-bond acceptors (Lipinski definition) is 6. The normalized spacial score (nSPS) is 10.7. The monoisotopic (exact) mass is 472 g/mol. The zero-order valence-electron chi connectivity index (χ0n) is 17.0. The van der Waals surface area contributed by atoms with Crippen LogP contribution < -0.4 is 5.32 Å². The largest absolute Gasteiger partial charge is 0.478 e. The molecular formula is C22H21FN4O3S2. The van der Waals surface area contributed by atoms with E-state index in [1.165, 1.54) is 36.0 Å². The summed E-state index contributed by atoms with van der Waals surface area (Å²) in [6.07, 6.45) is 1.74. The van der Waals surface area contributed by atoms with Gasteiger partial charge in [0.1, 0.15) is 11.6 Å². The van der Waals surface area contributed by atoms with Gasteiger partial charge in [0.25, 0.3) is 0 Å². The van der Waals surface area contributed by atoms with Gasteiger partial charge < -0.3 is 15.0 Å². The molecule has 0 radical (unpaired) electrons. The van der Waals surface area contributed by atoms with Gasteiger partial charge in [0.15, 0.2) is 5.16 Å². The molecule has 1 amide bonds. The minimum absolute atomic E-state index is 0.124. The van der Waals surface area contributed by atoms with E-state index in [9.17, 15) is 14.0 Å². The summed E-state index contributed by atoms with van der Waals surface area (Å²) in [5, 5.41) is 20.7. The number of rotatable bonds is 11. The number of amides is 1. The molecule has 3 aromatic rings. The molecule has 32 heavy (non-hydrogen) atoms. The van der Waals surface area contributed by atoms with Crippen molar-refractivity contribution in [3.8, 4) is 0 Å². The topological polar surface area (TPSA) is 97.1 Å². The number of allylic oxidation sites excluding steroid dienone is 1. The first-order chi connectivity index (χ1) is 15.5. The fraction of sp³-hybridized carbons (Fsp3) is 0.182. The van der Waals surface area contributed by atoms with Crippen LogP contribution in [-0.2, 0) is 22.8 Å². The molecule has 2 N–H and O–H groups in total. The number of carboxylic acid groups (broad SMARTS) is 1. The van der Waals surface area contributed by atoms with Crippen LogP contribution in [0.4, 0.5) is 10.1 Å². The van der Waals surface area contributed by atoms with Gasteiger partial charge >= 0.3 is 5.97 Å². The molecule has 3 rings (SSSR count). The highest BCUT2D eigenvalue weighted by Gasteiger charge is 2.14. The van der Waals surface area contributed by atoms with Crippen LogP contribution in [0.2, 0.25) is 0 Å². The second-order valence-electron chi connectivity index (χ2n) is 6.64. The highest BCUT2D eigenvalue weighted by Crippen LogP contribution is 2.22. The van der Waals surface area contributed by atoms with E-state index in [1.54, 1.807) is 42.1 Å². The number of benzene rings is 2. The van der Waals surface area contributed by atoms with Gasteiger partial charge in [-0.3, -0.25) is 4.79 Å². The Bertz CT molecular complexity index is 1090. The molecule has 0 spiro atoms. The number of nitrogens with zero attached hydrogens (tertiary/aromatic N) is 3. The Morgan fingerprint density at radius 1 is 1.09 bits per heavy atom. The summed E-state index contributed by atoms with van der Waals surface area (Å²) in [5.74, 6) is 0.702. The molecule has 7 nitrogen and oxygen atoms in total. The molecule has 10 heteroatoms. The first-order valence-electron chi connectivity index (χ1n) is 9.57. The van der Waals surface area contributed by atoms with E-state index in [4.69, 9.17) is 5.11 Å². The van der Waals surface area contributed by atoms with Crippen molar-refractivity contribution in [2.75, 3.05) is 11.1 Å². The maximum atomic E-state index is 13.0. The number of carbonyl (C=O) groups excluding carboxylic acids is 1. The Morgan fingerprint density at radius 3 is 2.47 bits per heavy atom. The van der Waals surface area contributed by atoms with Gasteiger partial charge in [-0.1, -0.05) is 30.0 Å². The molecule has 2 aromatic carbocycles. The zero-order valence-corrected chi connectivity index (χ0v) is 18.7. The second kappa shape index (κ2) is 11.5. The number of carboxylic acids is 1. The van der Waals surface area contributed by atoms with E-state index < -0.39 is 5.97 Å². The number of nitrogens with one attached hydrogen (secondary N) is 1. The van der Waals surface area contributed by atoms with E-state index in [1.807, 2.05) is 4.57 Å². The van der Waals surface area contributed by atoms with E-state index in [-0.39, 0.29) is 23.0 Å². The van der Waals surface area contributed by atoms with Crippen molar-refractivity contribution in [2.24, 2.45) is 0 Å². The molecule has 0 aliphatic heterocycles. The molecule has 0 unspecified atom stereocenters. The van der Waals surface area contributed by atoms with Crippen molar-refractivity contribution in [3.05, 3.63) is 84.0 Å². The highest BCUT2D eigenvalue weighted by atomic mass is 32.2. The molecule has 0 atom stereocenters. The number of thioether (sulfide) groups is 2. The number of aromatic carboxylic acids is 1. The van der Waals surface area contributed by atoms with Crippen LogP contribution in [0.25, 0.3) is 0 Å². The van der Waals surface area contributed by atoms with Crippen molar-refractivity contribution in [1.82, 2.24) is 14.8 Å². The number of aromatic nitrogens is 3. The zero-order chi connectivity index (χ0) is 22.9. The lowest BCUT2D eigenvalue weighted by molar-refractivity contribution is -0.113. The predicted molar refractivity (Wildman–Crippen MR) is 124 cm³/mol. The van der Waals surface area contributed by atoms with E-state index in [2.05, 4.69) is 22.1 Å². The van der Waals surface area contributed by atoms with Gasteiger partial charge in [0.2, 0.25) is 5.91 Å². The summed E-state index contributed by atoms with van der Waals surface area (Å²) < 4.78 is 14.9. The van der Waals surface area contributed by atoms with Gasteiger partial charge in [-0.25, -0.2) is 9.18 Å². The minimum atomic E-state index is -1.02. The van der Waals surface area contributed by atoms with Gasteiger partial charge in [-0.2, -0.15) is 0 Å². The summed E-state index contributed by atoms with van der Waals surface area (Å²) in [7, 11) is 0. The molecule has 0 aliphatic carbocycles. The van der Waals surface area contributed by atoms with Crippen molar-refractivity contribution in [1.29, 1.82) is 0 Å². The average Bonchev–Trinajstić information content (AvgIpc) is 3.16. The fourth-order valence-corrected chi connectivity index (χ4v) is 4.40. The lowest BCUT2D eigenvalue weighted by Gasteiger charge is -2.08. The Kier molecular flexibility index (Phi) is 8.46. The van der Waals surface area contributed by atoms with Crippen LogP contribution in [0.3, 0.4) is 0 Å². The van der Waals surface area contributed by atoms with Crippen molar-refractivity contribution >= 4 is 41.1 Å². The quantitative estimate of drug-likeness (QED) is 0.314. The van der Waals surface area contributed by atoms with Gasteiger partial charge in [0.05, 0.1) is 17.1 Å². The predicted octanol–water partition coefficient (Wildman–Crippen LogP) is 4.47. The summed E-state index contributed by atoms with van der Waals surface area (Å²) in [6, 6.07) is 12.3. The van der Waals surface area contributed by atoms with Crippen LogP contribution in [0, 0.1) is 5.82 Å². The Hall–Kier alpha value is -3.11. The van der Waals surface area contributed by atoms with Gasteiger partial charge in [0, 0.05) is 18.0 Å². The highest BCUT2D eigenvalue weighted by molar-refractivity contribution is 7.99. The SMILES string of the molecule is C=CCn1c(CSCc2ccc(F)cc2)nnc1SCC(=O)Nc1ccc(C(=O)O)cc1. The van der Waals surface area contributed by atoms with E-state index in [0.717, 1.165) is 11.4 Å². The molecule has 1 heterocycles. The third kappa shape index (κ3) is 6.69. The van der Waals surface area contributed by atoms with Gasteiger partial charge in [-0.15, -0.1) is 28.5 Å². The average molecular weight is 473 g/mol.